The van der Waals surface area contributed by atoms with Gasteiger partial charge >= 0.3 is 105 Å². The fourth-order valence-corrected chi connectivity index (χ4v) is 3.50. The normalized spacial score (nSPS) is 11.4. The molecule has 14 heavy (non-hydrogen) atoms. The number of hydrogen-bond donors (Lipinski definition) is 0. The number of benzene rings is 1. The van der Waals surface area contributed by atoms with Crippen LogP contribution in [0.2, 0.25) is 0 Å². The van der Waals surface area contributed by atoms with Gasteiger partial charge in [0, 0.05) is 0 Å². The Bertz CT molecular complexity index is 381. The van der Waals surface area contributed by atoms with E-state index >= 15 is 0 Å². The molecule has 0 unspecified atom stereocenters. The molecule has 0 aliphatic carbocycles. The summed E-state index contributed by atoms with van der Waals surface area (Å²) in [7, 11) is 0. The minimum absolute atomic E-state index is 0.0789. The van der Waals surface area contributed by atoms with E-state index in [1.807, 2.05) is 6.07 Å². The van der Waals surface area contributed by atoms with Gasteiger partial charge in [-0.3, -0.25) is 0 Å². The van der Waals surface area contributed by atoms with Crippen LogP contribution < -0.4 is 4.46 Å². The van der Waals surface area contributed by atoms with Gasteiger partial charge in [-0.25, -0.2) is 0 Å². The monoisotopic (exact) mass is 385 g/mol. The minimum atomic E-state index is -0.384. The van der Waals surface area contributed by atoms with E-state index in [0.29, 0.717) is 0 Å². The summed E-state index contributed by atoms with van der Waals surface area (Å²) in [6.45, 7) is 0. The SMILES string of the molecule is O=[N+]([O-])c1cccc([Se]/C(Br)=C/Br)c1. The summed E-state index contributed by atoms with van der Waals surface area (Å²) in [5.41, 5.74) is 0.138. The second kappa shape index (κ2) is 5.66. The Morgan fingerprint density at radius 3 is 2.86 bits per heavy atom. The van der Waals surface area contributed by atoms with Crippen LogP contribution in [0.3, 0.4) is 0 Å². The Balaban J connectivity index is 2.89. The van der Waals surface area contributed by atoms with E-state index in [9.17, 15) is 10.1 Å². The standard InChI is InChI=1S/C8H5Br2NO2Se/c9-5-8(10)14-7-3-1-2-6(4-7)11(12)13/h1-5H/b8-5+. The zero-order valence-corrected chi connectivity index (χ0v) is 11.7. The maximum absolute atomic E-state index is 10.5. The zero-order valence-electron chi connectivity index (χ0n) is 6.81. The van der Waals surface area contributed by atoms with Crippen LogP contribution in [0.4, 0.5) is 5.69 Å². The summed E-state index contributed by atoms with van der Waals surface area (Å²) in [5, 5.41) is 10.5. The fraction of sp³-hybridized carbons (Fsp3) is 0. The van der Waals surface area contributed by atoms with Gasteiger partial charge in [-0.1, -0.05) is 0 Å². The van der Waals surface area contributed by atoms with E-state index in [2.05, 4.69) is 31.9 Å². The summed E-state index contributed by atoms with van der Waals surface area (Å²) in [6, 6.07) is 6.66. The summed E-state index contributed by atoms with van der Waals surface area (Å²) in [6.07, 6.45) is 0. The van der Waals surface area contributed by atoms with Crippen molar-refractivity contribution >= 4 is 57.0 Å². The number of nitro benzene ring substituents is 1. The van der Waals surface area contributed by atoms with Crippen molar-refractivity contribution in [3.8, 4) is 0 Å². The second-order valence-electron chi connectivity index (χ2n) is 2.27. The Morgan fingerprint density at radius 1 is 1.57 bits per heavy atom. The molecular weight excluding hydrogens is 381 g/mol. The van der Waals surface area contributed by atoms with Crippen molar-refractivity contribution in [3.63, 3.8) is 0 Å². The summed E-state index contributed by atoms with van der Waals surface area (Å²) in [4.78, 5) is 11.9. The molecule has 0 aliphatic heterocycles. The number of nitrogens with zero attached hydrogens (tertiary/aromatic N) is 1. The first-order valence-electron chi connectivity index (χ1n) is 3.51. The van der Waals surface area contributed by atoms with E-state index in [1.165, 1.54) is 6.07 Å². The van der Waals surface area contributed by atoms with Crippen LogP contribution in [0.25, 0.3) is 0 Å². The van der Waals surface area contributed by atoms with Gasteiger partial charge in [0.1, 0.15) is 0 Å². The molecule has 6 heteroatoms. The molecule has 1 aromatic carbocycles. The predicted molar refractivity (Wildman–Crippen MR) is 64.4 cm³/mol. The van der Waals surface area contributed by atoms with Gasteiger partial charge in [0.15, 0.2) is 0 Å². The van der Waals surface area contributed by atoms with Crippen molar-refractivity contribution in [1.29, 1.82) is 0 Å². The zero-order chi connectivity index (χ0) is 10.6. The maximum atomic E-state index is 10.5. The average molecular weight is 386 g/mol. The average Bonchev–Trinajstić information content (AvgIpc) is 2.18. The molecule has 0 saturated carbocycles. The summed E-state index contributed by atoms with van der Waals surface area (Å²) >= 11 is 6.62. The molecule has 3 nitrogen and oxygen atoms in total. The van der Waals surface area contributed by atoms with Gasteiger partial charge in [-0.2, -0.15) is 0 Å². The first kappa shape index (κ1) is 11.9. The molecule has 1 aromatic rings. The van der Waals surface area contributed by atoms with Crippen LogP contribution in [-0.2, 0) is 0 Å². The van der Waals surface area contributed by atoms with E-state index in [0.717, 1.165) is 7.84 Å². The molecule has 0 N–H and O–H groups in total. The van der Waals surface area contributed by atoms with Gasteiger partial charge in [0.05, 0.1) is 0 Å². The van der Waals surface area contributed by atoms with Gasteiger partial charge in [-0.15, -0.1) is 0 Å². The Kier molecular flexibility index (Phi) is 4.81. The van der Waals surface area contributed by atoms with Crippen LogP contribution in [0.5, 0.6) is 0 Å². The first-order chi connectivity index (χ1) is 6.63. The van der Waals surface area contributed by atoms with Crippen molar-refractivity contribution in [2.75, 3.05) is 0 Å². The molecule has 1 rings (SSSR count). The molecule has 0 radical (unpaired) electrons. The summed E-state index contributed by atoms with van der Waals surface area (Å²) in [5.74, 6) is 0. The number of non-ortho nitro benzene ring substituents is 1. The van der Waals surface area contributed by atoms with Crippen LogP contribution in [-0.4, -0.2) is 19.9 Å². The fourth-order valence-electron chi connectivity index (χ4n) is 0.795. The molecule has 0 aromatic heterocycles. The van der Waals surface area contributed by atoms with E-state index in [4.69, 9.17) is 0 Å². The first-order valence-corrected chi connectivity index (χ1v) is 6.94. The van der Waals surface area contributed by atoms with Gasteiger partial charge in [0.2, 0.25) is 0 Å². The Morgan fingerprint density at radius 2 is 2.29 bits per heavy atom. The predicted octanol–water partition coefficient (Wildman–Crippen LogP) is 2.51. The van der Waals surface area contributed by atoms with E-state index < -0.39 is 0 Å². The summed E-state index contributed by atoms with van der Waals surface area (Å²) < 4.78 is 1.97. The van der Waals surface area contributed by atoms with Crippen molar-refractivity contribution in [3.05, 3.63) is 42.7 Å². The number of nitro groups is 1. The van der Waals surface area contributed by atoms with Gasteiger partial charge in [0.25, 0.3) is 0 Å². The van der Waals surface area contributed by atoms with Crippen molar-refractivity contribution in [2.24, 2.45) is 0 Å². The van der Waals surface area contributed by atoms with Crippen LogP contribution in [0.15, 0.2) is 32.6 Å². The molecular formula is C8H5Br2NO2Se. The molecule has 0 aliphatic rings. The molecule has 0 fully saturated rings. The van der Waals surface area contributed by atoms with Gasteiger partial charge in [-0.05, 0) is 0 Å². The van der Waals surface area contributed by atoms with E-state index in [1.54, 1.807) is 17.1 Å². The number of rotatable bonds is 3. The number of halogens is 2. The third-order valence-corrected chi connectivity index (χ3v) is 5.84. The quantitative estimate of drug-likeness (QED) is 0.456. The van der Waals surface area contributed by atoms with Crippen molar-refractivity contribution in [2.45, 2.75) is 0 Å². The molecule has 0 heterocycles. The second-order valence-corrected chi connectivity index (χ2v) is 7.10. The molecule has 0 bridgehead atoms. The number of hydrogen-bond acceptors (Lipinski definition) is 2. The van der Waals surface area contributed by atoms with Crippen molar-refractivity contribution in [1.82, 2.24) is 0 Å². The molecule has 0 spiro atoms. The molecule has 74 valence electrons. The third-order valence-electron chi connectivity index (χ3n) is 1.33. The Hall–Kier alpha value is -0.161. The van der Waals surface area contributed by atoms with Gasteiger partial charge < -0.3 is 0 Å². The Labute approximate surface area is 104 Å². The van der Waals surface area contributed by atoms with Crippen LogP contribution in [0, 0.1) is 10.1 Å². The van der Waals surface area contributed by atoms with Crippen LogP contribution in [0.1, 0.15) is 0 Å². The molecule has 0 amide bonds. The topological polar surface area (TPSA) is 43.1 Å². The third kappa shape index (κ3) is 3.53. The van der Waals surface area contributed by atoms with E-state index in [-0.39, 0.29) is 25.6 Å². The molecule has 0 saturated heterocycles. The molecule has 0 atom stereocenters. The van der Waals surface area contributed by atoms with Crippen molar-refractivity contribution < 1.29 is 4.92 Å². The van der Waals surface area contributed by atoms with Crippen LogP contribution >= 0.6 is 31.9 Å².